The molecule has 128 valence electrons. The van der Waals surface area contributed by atoms with Gasteiger partial charge in [-0.05, 0) is 36.5 Å². The molecular weight excluding hydrogens is 322 g/mol. The van der Waals surface area contributed by atoms with E-state index in [4.69, 9.17) is 0 Å². The second-order valence-electron chi connectivity index (χ2n) is 6.59. The standard InChI is InChI=1S/C18H23N3O2S/c1-12-10-16(22)20-21-17(12)14-6-8-15(9-7-14)19-18(23)24-11-13-4-2-3-5-13/h6-9,12-13H,2-5,10-11H2,1H3,(H,19,23)(H,20,22). The summed E-state index contributed by atoms with van der Waals surface area (Å²) in [7, 11) is 0. The van der Waals surface area contributed by atoms with Crippen LogP contribution in [-0.4, -0.2) is 22.6 Å². The summed E-state index contributed by atoms with van der Waals surface area (Å²) in [4.78, 5) is 23.3. The van der Waals surface area contributed by atoms with Gasteiger partial charge in [0.15, 0.2) is 0 Å². The molecule has 1 fully saturated rings. The van der Waals surface area contributed by atoms with E-state index in [9.17, 15) is 9.59 Å². The molecule has 1 atom stereocenters. The third-order valence-electron chi connectivity index (χ3n) is 4.61. The van der Waals surface area contributed by atoms with Gasteiger partial charge in [-0.1, -0.05) is 43.7 Å². The number of carbonyl (C=O) groups is 2. The number of hydrogen-bond acceptors (Lipinski definition) is 4. The van der Waals surface area contributed by atoms with Crippen molar-refractivity contribution in [3.8, 4) is 0 Å². The number of rotatable bonds is 4. The van der Waals surface area contributed by atoms with Crippen LogP contribution >= 0.6 is 11.8 Å². The van der Waals surface area contributed by atoms with Gasteiger partial charge in [-0.25, -0.2) is 5.43 Å². The average molecular weight is 345 g/mol. The lowest BCUT2D eigenvalue weighted by atomic mass is 9.94. The van der Waals surface area contributed by atoms with Crippen molar-refractivity contribution in [2.75, 3.05) is 11.1 Å². The van der Waals surface area contributed by atoms with E-state index in [-0.39, 0.29) is 17.1 Å². The zero-order valence-electron chi connectivity index (χ0n) is 13.9. The molecule has 0 spiro atoms. The molecule has 1 unspecified atom stereocenters. The Morgan fingerprint density at radius 1 is 1.29 bits per heavy atom. The highest BCUT2D eigenvalue weighted by Crippen LogP contribution is 2.28. The first kappa shape index (κ1) is 17.0. The van der Waals surface area contributed by atoms with Crippen molar-refractivity contribution >= 4 is 34.3 Å². The highest BCUT2D eigenvalue weighted by molar-refractivity contribution is 8.13. The Labute approximate surface area is 146 Å². The van der Waals surface area contributed by atoms with Gasteiger partial charge in [-0.2, -0.15) is 5.10 Å². The number of hydrazone groups is 1. The quantitative estimate of drug-likeness (QED) is 0.866. The zero-order chi connectivity index (χ0) is 16.9. The van der Waals surface area contributed by atoms with Gasteiger partial charge in [-0.3, -0.25) is 9.59 Å². The minimum Gasteiger partial charge on any atom is -0.317 e. The Bertz CT molecular complexity index is 636. The first-order valence-electron chi connectivity index (χ1n) is 8.52. The van der Waals surface area contributed by atoms with Gasteiger partial charge >= 0.3 is 0 Å². The molecule has 1 aromatic carbocycles. The fourth-order valence-electron chi connectivity index (χ4n) is 3.25. The summed E-state index contributed by atoms with van der Waals surface area (Å²) < 4.78 is 0. The lowest BCUT2D eigenvalue weighted by Gasteiger charge is -2.19. The molecule has 0 aromatic heterocycles. The van der Waals surface area contributed by atoms with Crippen LogP contribution in [0.4, 0.5) is 10.5 Å². The minimum atomic E-state index is -0.0468. The molecule has 0 saturated heterocycles. The van der Waals surface area contributed by atoms with Gasteiger partial charge in [0.2, 0.25) is 5.91 Å². The van der Waals surface area contributed by atoms with Crippen LogP contribution in [0.1, 0.15) is 44.6 Å². The number of amides is 2. The van der Waals surface area contributed by atoms with E-state index in [1.165, 1.54) is 37.4 Å². The molecule has 0 radical (unpaired) electrons. The highest BCUT2D eigenvalue weighted by Gasteiger charge is 2.21. The smallest absolute Gasteiger partial charge is 0.283 e. The molecular formula is C18H23N3O2S. The van der Waals surface area contributed by atoms with Gasteiger partial charge in [0.1, 0.15) is 0 Å². The third-order valence-corrected chi connectivity index (χ3v) is 5.61. The Hall–Kier alpha value is -1.82. The van der Waals surface area contributed by atoms with Crippen LogP contribution in [0.2, 0.25) is 0 Å². The summed E-state index contributed by atoms with van der Waals surface area (Å²) in [6.45, 7) is 1.99. The normalized spacial score (nSPS) is 21.3. The van der Waals surface area contributed by atoms with Crippen LogP contribution in [0.5, 0.6) is 0 Å². The summed E-state index contributed by atoms with van der Waals surface area (Å²) in [5.74, 6) is 1.66. The maximum absolute atomic E-state index is 12.0. The maximum atomic E-state index is 12.0. The van der Waals surface area contributed by atoms with E-state index in [1.54, 1.807) is 0 Å². The molecule has 1 saturated carbocycles. The molecule has 1 heterocycles. The molecule has 0 bridgehead atoms. The van der Waals surface area contributed by atoms with Crippen LogP contribution in [0.25, 0.3) is 0 Å². The lowest BCUT2D eigenvalue weighted by molar-refractivity contribution is -0.121. The summed E-state index contributed by atoms with van der Waals surface area (Å²) in [6.07, 6.45) is 5.57. The van der Waals surface area contributed by atoms with Crippen LogP contribution in [0.15, 0.2) is 29.4 Å². The van der Waals surface area contributed by atoms with E-state index >= 15 is 0 Å². The number of nitrogens with zero attached hydrogens (tertiary/aromatic N) is 1. The Morgan fingerprint density at radius 2 is 2.00 bits per heavy atom. The molecule has 2 aliphatic rings. The molecule has 1 aliphatic heterocycles. The monoisotopic (exact) mass is 345 g/mol. The molecule has 5 nitrogen and oxygen atoms in total. The van der Waals surface area contributed by atoms with Crippen molar-refractivity contribution < 1.29 is 9.59 Å². The fraction of sp³-hybridized carbons (Fsp3) is 0.500. The fourth-order valence-corrected chi connectivity index (χ4v) is 4.16. The lowest BCUT2D eigenvalue weighted by Crippen LogP contribution is -2.31. The highest BCUT2D eigenvalue weighted by atomic mass is 32.2. The molecule has 24 heavy (non-hydrogen) atoms. The zero-order valence-corrected chi connectivity index (χ0v) is 14.7. The number of anilines is 1. The predicted octanol–water partition coefficient (Wildman–Crippen LogP) is 4.00. The summed E-state index contributed by atoms with van der Waals surface area (Å²) in [5.41, 5.74) is 5.16. The molecule has 2 N–H and O–H groups in total. The molecule has 6 heteroatoms. The van der Waals surface area contributed by atoms with Crippen molar-refractivity contribution in [1.82, 2.24) is 5.43 Å². The molecule has 2 amide bonds. The topological polar surface area (TPSA) is 70.6 Å². The Kier molecular flexibility index (Phi) is 5.56. The second-order valence-corrected chi connectivity index (χ2v) is 7.58. The summed E-state index contributed by atoms with van der Waals surface area (Å²) in [5, 5.41) is 7.09. The van der Waals surface area contributed by atoms with Crippen molar-refractivity contribution in [3.05, 3.63) is 29.8 Å². The Morgan fingerprint density at radius 3 is 2.67 bits per heavy atom. The molecule has 3 rings (SSSR count). The van der Waals surface area contributed by atoms with Crippen LogP contribution in [0.3, 0.4) is 0 Å². The van der Waals surface area contributed by atoms with Crippen molar-refractivity contribution in [2.45, 2.75) is 39.0 Å². The van der Waals surface area contributed by atoms with E-state index in [1.807, 2.05) is 31.2 Å². The first-order valence-corrected chi connectivity index (χ1v) is 9.51. The second kappa shape index (κ2) is 7.83. The van der Waals surface area contributed by atoms with Crippen molar-refractivity contribution in [2.24, 2.45) is 16.9 Å². The molecule has 1 aromatic rings. The minimum absolute atomic E-state index is 0.00490. The van der Waals surface area contributed by atoms with Gasteiger partial charge in [-0.15, -0.1) is 0 Å². The van der Waals surface area contributed by atoms with E-state index in [0.29, 0.717) is 12.3 Å². The van der Waals surface area contributed by atoms with Gasteiger partial charge < -0.3 is 5.32 Å². The largest absolute Gasteiger partial charge is 0.317 e. The first-order chi connectivity index (χ1) is 11.6. The SMILES string of the molecule is CC1CC(=O)NN=C1c1ccc(NC(=O)SCC2CCCC2)cc1. The predicted molar refractivity (Wildman–Crippen MR) is 98.3 cm³/mol. The number of thioether (sulfide) groups is 1. The van der Waals surface area contributed by atoms with Crippen LogP contribution in [-0.2, 0) is 4.79 Å². The van der Waals surface area contributed by atoms with E-state index in [0.717, 1.165) is 22.7 Å². The average Bonchev–Trinajstić information content (AvgIpc) is 3.07. The van der Waals surface area contributed by atoms with Crippen molar-refractivity contribution in [1.29, 1.82) is 0 Å². The van der Waals surface area contributed by atoms with Gasteiger partial charge in [0, 0.05) is 23.8 Å². The van der Waals surface area contributed by atoms with Gasteiger partial charge in [0.25, 0.3) is 5.24 Å². The number of hydrogen-bond donors (Lipinski definition) is 2. The number of benzene rings is 1. The number of nitrogens with one attached hydrogen (secondary N) is 2. The van der Waals surface area contributed by atoms with Crippen LogP contribution < -0.4 is 10.7 Å². The van der Waals surface area contributed by atoms with Crippen molar-refractivity contribution in [3.63, 3.8) is 0 Å². The summed E-state index contributed by atoms with van der Waals surface area (Å²) >= 11 is 1.38. The number of carbonyl (C=O) groups excluding carboxylic acids is 2. The van der Waals surface area contributed by atoms with E-state index in [2.05, 4.69) is 15.8 Å². The maximum Gasteiger partial charge on any atom is 0.283 e. The molecule has 1 aliphatic carbocycles. The summed E-state index contributed by atoms with van der Waals surface area (Å²) in [6, 6.07) is 7.64. The van der Waals surface area contributed by atoms with E-state index < -0.39 is 0 Å². The third kappa shape index (κ3) is 4.38. The van der Waals surface area contributed by atoms with Gasteiger partial charge in [0.05, 0.1) is 5.71 Å². The Balaban J connectivity index is 1.54. The van der Waals surface area contributed by atoms with Crippen LogP contribution in [0, 0.1) is 11.8 Å².